The number of rotatable bonds is 6. The van der Waals surface area contributed by atoms with Gasteiger partial charge in [-0.3, -0.25) is 14.4 Å². The SMILES string of the molecule is CC(C)N(CCC(=O)O)C(=O)C1CC(=O)N(c2ccc(Cl)cc2)C1. The number of anilines is 1. The number of carboxylic acid groups (broad SMARTS) is 1. The number of benzene rings is 1. The van der Waals surface area contributed by atoms with Crippen molar-refractivity contribution in [2.75, 3.05) is 18.0 Å². The van der Waals surface area contributed by atoms with Gasteiger partial charge in [-0.05, 0) is 38.1 Å². The number of hydrogen-bond acceptors (Lipinski definition) is 3. The van der Waals surface area contributed by atoms with Gasteiger partial charge < -0.3 is 14.9 Å². The van der Waals surface area contributed by atoms with Gasteiger partial charge in [-0.25, -0.2) is 0 Å². The second-order valence-corrected chi connectivity index (χ2v) is 6.59. The van der Waals surface area contributed by atoms with E-state index in [0.29, 0.717) is 17.3 Å². The van der Waals surface area contributed by atoms with Crippen molar-refractivity contribution < 1.29 is 19.5 Å². The molecule has 1 heterocycles. The van der Waals surface area contributed by atoms with Crippen molar-refractivity contribution in [1.29, 1.82) is 0 Å². The molecule has 0 aliphatic carbocycles. The van der Waals surface area contributed by atoms with Gasteiger partial charge in [0.05, 0.1) is 12.3 Å². The minimum atomic E-state index is -0.946. The van der Waals surface area contributed by atoms with Crippen LogP contribution in [0.2, 0.25) is 5.02 Å². The van der Waals surface area contributed by atoms with E-state index in [2.05, 4.69) is 0 Å². The van der Waals surface area contributed by atoms with Crippen LogP contribution in [0.15, 0.2) is 24.3 Å². The molecule has 1 fully saturated rings. The molecule has 24 heavy (non-hydrogen) atoms. The number of carbonyl (C=O) groups is 3. The van der Waals surface area contributed by atoms with E-state index in [0.717, 1.165) is 0 Å². The molecule has 2 amide bonds. The number of aliphatic carboxylic acids is 1. The molecule has 0 radical (unpaired) electrons. The zero-order chi connectivity index (χ0) is 17.9. The van der Waals surface area contributed by atoms with Crippen molar-refractivity contribution in [1.82, 2.24) is 4.90 Å². The van der Waals surface area contributed by atoms with Crippen LogP contribution in [0.4, 0.5) is 5.69 Å². The molecule has 1 saturated heterocycles. The van der Waals surface area contributed by atoms with E-state index in [1.165, 1.54) is 4.90 Å². The monoisotopic (exact) mass is 352 g/mol. The van der Waals surface area contributed by atoms with Crippen LogP contribution in [0.3, 0.4) is 0 Å². The summed E-state index contributed by atoms with van der Waals surface area (Å²) in [6.07, 6.45) is 0.0310. The van der Waals surface area contributed by atoms with E-state index in [1.54, 1.807) is 29.2 Å². The fourth-order valence-electron chi connectivity index (χ4n) is 2.82. The molecule has 130 valence electrons. The summed E-state index contributed by atoms with van der Waals surface area (Å²) in [5.74, 6) is -1.68. The maximum Gasteiger partial charge on any atom is 0.305 e. The molecule has 1 unspecified atom stereocenters. The summed E-state index contributed by atoms with van der Waals surface area (Å²) in [5.41, 5.74) is 0.710. The molecule has 2 rings (SSSR count). The lowest BCUT2D eigenvalue weighted by molar-refractivity contribution is -0.141. The molecule has 0 aromatic heterocycles. The maximum atomic E-state index is 12.7. The minimum absolute atomic E-state index is 0.106. The fourth-order valence-corrected chi connectivity index (χ4v) is 2.94. The van der Waals surface area contributed by atoms with E-state index in [9.17, 15) is 14.4 Å². The Morgan fingerprint density at radius 1 is 1.33 bits per heavy atom. The van der Waals surface area contributed by atoms with Crippen LogP contribution in [0.25, 0.3) is 0 Å². The Morgan fingerprint density at radius 2 is 1.96 bits per heavy atom. The normalized spacial score (nSPS) is 17.4. The zero-order valence-corrected chi connectivity index (χ0v) is 14.5. The first-order valence-corrected chi connectivity index (χ1v) is 8.25. The first kappa shape index (κ1) is 18.3. The van der Waals surface area contributed by atoms with E-state index in [-0.39, 0.29) is 37.2 Å². The van der Waals surface area contributed by atoms with E-state index >= 15 is 0 Å². The van der Waals surface area contributed by atoms with E-state index < -0.39 is 11.9 Å². The Kier molecular flexibility index (Phi) is 5.83. The highest BCUT2D eigenvalue weighted by molar-refractivity contribution is 6.30. The topological polar surface area (TPSA) is 77.9 Å². The molecule has 1 aromatic carbocycles. The summed E-state index contributed by atoms with van der Waals surface area (Å²) in [5, 5.41) is 9.42. The number of hydrogen-bond donors (Lipinski definition) is 1. The number of amides is 2. The molecule has 0 saturated carbocycles. The fraction of sp³-hybridized carbons (Fsp3) is 0.471. The Morgan fingerprint density at radius 3 is 2.50 bits per heavy atom. The number of carbonyl (C=O) groups excluding carboxylic acids is 2. The Labute approximate surface area is 146 Å². The smallest absolute Gasteiger partial charge is 0.305 e. The van der Waals surface area contributed by atoms with Crippen molar-refractivity contribution in [3.63, 3.8) is 0 Å². The first-order valence-electron chi connectivity index (χ1n) is 7.87. The summed E-state index contributed by atoms with van der Waals surface area (Å²) >= 11 is 5.86. The van der Waals surface area contributed by atoms with Crippen molar-refractivity contribution in [3.8, 4) is 0 Å². The lowest BCUT2D eigenvalue weighted by Gasteiger charge is -2.28. The van der Waals surface area contributed by atoms with Gasteiger partial charge in [0.2, 0.25) is 11.8 Å². The quantitative estimate of drug-likeness (QED) is 0.852. The minimum Gasteiger partial charge on any atom is -0.481 e. The van der Waals surface area contributed by atoms with Gasteiger partial charge in [0.15, 0.2) is 0 Å². The Balaban J connectivity index is 2.09. The summed E-state index contributed by atoms with van der Waals surface area (Å²) in [6, 6.07) is 6.78. The largest absolute Gasteiger partial charge is 0.481 e. The van der Waals surface area contributed by atoms with E-state index in [1.807, 2.05) is 13.8 Å². The number of nitrogens with zero attached hydrogens (tertiary/aromatic N) is 2. The second-order valence-electron chi connectivity index (χ2n) is 6.15. The molecule has 0 spiro atoms. The molecule has 1 aliphatic heterocycles. The van der Waals surface area contributed by atoms with Crippen LogP contribution in [0.1, 0.15) is 26.7 Å². The van der Waals surface area contributed by atoms with Crippen molar-refractivity contribution >= 4 is 35.1 Å². The summed E-state index contributed by atoms with van der Waals surface area (Å²) < 4.78 is 0. The van der Waals surface area contributed by atoms with Gasteiger partial charge in [-0.15, -0.1) is 0 Å². The van der Waals surface area contributed by atoms with Crippen LogP contribution in [-0.4, -0.2) is 46.9 Å². The maximum absolute atomic E-state index is 12.7. The zero-order valence-electron chi connectivity index (χ0n) is 13.7. The predicted octanol–water partition coefficient (Wildman–Crippen LogP) is 2.40. The highest BCUT2D eigenvalue weighted by Crippen LogP contribution is 2.27. The summed E-state index contributed by atoms with van der Waals surface area (Å²) in [4.78, 5) is 38.9. The molecule has 7 heteroatoms. The van der Waals surface area contributed by atoms with Crippen molar-refractivity contribution in [2.45, 2.75) is 32.7 Å². The first-order chi connectivity index (χ1) is 11.3. The molecular formula is C17H21ClN2O4. The van der Waals surface area contributed by atoms with Gasteiger partial charge >= 0.3 is 5.97 Å². The molecule has 0 bridgehead atoms. The van der Waals surface area contributed by atoms with Crippen LogP contribution in [0.5, 0.6) is 0 Å². The van der Waals surface area contributed by atoms with Crippen LogP contribution >= 0.6 is 11.6 Å². The van der Waals surface area contributed by atoms with Crippen molar-refractivity contribution in [3.05, 3.63) is 29.3 Å². The van der Waals surface area contributed by atoms with E-state index in [4.69, 9.17) is 16.7 Å². The highest BCUT2D eigenvalue weighted by Gasteiger charge is 2.37. The van der Waals surface area contributed by atoms with Crippen LogP contribution in [-0.2, 0) is 14.4 Å². The van der Waals surface area contributed by atoms with Gasteiger partial charge in [0.25, 0.3) is 0 Å². The van der Waals surface area contributed by atoms with Crippen molar-refractivity contribution in [2.24, 2.45) is 5.92 Å². The lowest BCUT2D eigenvalue weighted by atomic mass is 10.1. The van der Waals surface area contributed by atoms with Crippen LogP contribution < -0.4 is 4.90 Å². The van der Waals surface area contributed by atoms with Crippen LogP contribution in [0, 0.1) is 5.92 Å². The van der Waals surface area contributed by atoms with Gasteiger partial charge in [-0.2, -0.15) is 0 Å². The Bertz CT molecular complexity index is 630. The Hall–Kier alpha value is -2.08. The third kappa shape index (κ3) is 4.26. The molecule has 1 atom stereocenters. The molecule has 6 nitrogen and oxygen atoms in total. The molecule has 1 aromatic rings. The highest BCUT2D eigenvalue weighted by atomic mass is 35.5. The predicted molar refractivity (Wildman–Crippen MR) is 91.0 cm³/mol. The molecule has 1 N–H and O–H groups in total. The summed E-state index contributed by atoms with van der Waals surface area (Å²) in [6.45, 7) is 4.13. The average molecular weight is 353 g/mol. The number of carboxylic acids is 1. The number of halogens is 1. The molecule has 1 aliphatic rings. The molecular weight excluding hydrogens is 332 g/mol. The lowest BCUT2D eigenvalue weighted by Crippen LogP contribution is -2.42. The standard InChI is InChI=1S/C17H21ClN2O4/c1-11(2)19(8-7-16(22)23)17(24)12-9-15(21)20(10-12)14-5-3-13(18)4-6-14/h3-6,11-12H,7-10H2,1-2H3,(H,22,23). The second kappa shape index (κ2) is 7.66. The van der Waals surface area contributed by atoms with Gasteiger partial charge in [0, 0.05) is 36.3 Å². The third-order valence-electron chi connectivity index (χ3n) is 4.09. The average Bonchev–Trinajstić information content (AvgIpc) is 2.89. The van der Waals surface area contributed by atoms with Gasteiger partial charge in [0.1, 0.15) is 0 Å². The third-order valence-corrected chi connectivity index (χ3v) is 4.34. The van der Waals surface area contributed by atoms with Gasteiger partial charge in [-0.1, -0.05) is 11.6 Å². The summed E-state index contributed by atoms with van der Waals surface area (Å²) in [7, 11) is 0.